The number of quaternary nitrogens is 1. The molecule has 8 nitrogen and oxygen atoms in total. The molecule has 49 heavy (non-hydrogen) atoms. The number of carbonyl (C=O) groups is 2. The number of ether oxygens (including phenoxy) is 2. The summed E-state index contributed by atoms with van der Waals surface area (Å²) >= 11 is 0. The van der Waals surface area contributed by atoms with Crippen LogP contribution in [0.1, 0.15) is 133 Å². The van der Waals surface area contributed by atoms with Crippen molar-refractivity contribution in [2.75, 3.05) is 40.9 Å². The molecule has 1 atom stereocenters. The molecule has 0 saturated heterocycles. The van der Waals surface area contributed by atoms with Gasteiger partial charge >= 0.3 is 5.97 Å². The van der Waals surface area contributed by atoms with E-state index in [1.165, 1.54) is 96.4 Å². The van der Waals surface area contributed by atoms with Crippen LogP contribution in [0.4, 0.5) is 11.4 Å². The zero-order chi connectivity index (χ0) is 34.9. The van der Waals surface area contributed by atoms with E-state index in [1.54, 1.807) is 31.2 Å². The number of nitrogens with one attached hydrogen (secondary N) is 1. The predicted molar refractivity (Wildman–Crippen MR) is 198 cm³/mol. The molecule has 2 aromatic rings. The van der Waals surface area contributed by atoms with Crippen molar-refractivity contribution < 1.29 is 40.5 Å². The van der Waals surface area contributed by atoms with Crippen molar-refractivity contribution in [3.05, 3.63) is 54.1 Å². The van der Waals surface area contributed by atoms with Gasteiger partial charge in [-0.2, -0.15) is 10.2 Å². The van der Waals surface area contributed by atoms with E-state index in [2.05, 4.69) is 43.6 Å². The fourth-order valence-electron chi connectivity index (χ4n) is 5.39. The lowest BCUT2D eigenvalue weighted by Gasteiger charge is -2.23. The summed E-state index contributed by atoms with van der Waals surface area (Å²) in [6.07, 6.45) is 21.1. The summed E-state index contributed by atoms with van der Waals surface area (Å²) in [7, 11) is 6.78. The van der Waals surface area contributed by atoms with Crippen molar-refractivity contribution in [3.63, 3.8) is 0 Å². The van der Waals surface area contributed by atoms with Crippen LogP contribution in [0.3, 0.4) is 0 Å². The SMILES string of the molecule is CCCCCCCCCCCOC(=O)[C@H](C)NC(=O)c1ccc(N=Nc2ccc(OCCCCCCCCCC[N+](C)(C)C)cc2)cc1.[Br-]. The van der Waals surface area contributed by atoms with E-state index in [-0.39, 0.29) is 22.9 Å². The van der Waals surface area contributed by atoms with Gasteiger partial charge in [0.1, 0.15) is 11.8 Å². The molecule has 0 radical (unpaired) electrons. The summed E-state index contributed by atoms with van der Waals surface area (Å²) in [5.74, 6) is 0.0962. The highest BCUT2D eigenvalue weighted by atomic mass is 79.9. The third kappa shape index (κ3) is 22.5. The molecule has 276 valence electrons. The van der Waals surface area contributed by atoms with Gasteiger partial charge in [0, 0.05) is 5.56 Å². The number of esters is 1. The van der Waals surface area contributed by atoms with E-state index < -0.39 is 12.0 Å². The molecule has 0 aromatic heterocycles. The topological polar surface area (TPSA) is 89.3 Å². The van der Waals surface area contributed by atoms with Gasteiger partial charge < -0.3 is 36.3 Å². The highest BCUT2D eigenvalue weighted by molar-refractivity contribution is 5.96. The summed E-state index contributed by atoms with van der Waals surface area (Å²) in [6.45, 7) is 6.26. The number of halogens is 1. The standard InChI is InChI=1S/C40H64N4O4.BrH/c1-6-7-8-9-10-12-16-19-22-33-48-40(46)34(2)41-39(45)35-23-25-36(26-24-35)42-43-37-27-29-38(30-28-37)47-32-21-18-15-13-11-14-17-20-31-44(3,4)5;/h23-30,34H,6-22,31-33H2,1-5H3;1H/t34-;/m0./s1. The zero-order valence-electron chi connectivity index (χ0n) is 31.2. The maximum absolute atomic E-state index is 12.6. The van der Waals surface area contributed by atoms with E-state index >= 15 is 0 Å². The lowest BCUT2D eigenvalue weighted by Crippen LogP contribution is -3.00. The maximum atomic E-state index is 12.6. The average molecular weight is 746 g/mol. The van der Waals surface area contributed by atoms with Crippen molar-refractivity contribution >= 4 is 23.3 Å². The molecule has 9 heteroatoms. The predicted octanol–water partition coefficient (Wildman–Crippen LogP) is 7.50. The summed E-state index contributed by atoms with van der Waals surface area (Å²) < 4.78 is 12.3. The first-order valence-electron chi connectivity index (χ1n) is 18.7. The van der Waals surface area contributed by atoms with E-state index in [4.69, 9.17) is 9.47 Å². The number of nitrogens with zero attached hydrogens (tertiary/aromatic N) is 3. The first kappa shape index (κ1) is 44.2. The Morgan fingerprint density at radius 1 is 0.653 bits per heavy atom. The summed E-state index contributed by atoms with van der Waals surface area (Å²) in [6, 6.07) is 13.7. The molecule has 0 unspecified atom stereocenters. The van der Waals surface area contributed by atoms with Crippen LogP contribution in [0.25, 0.3) is 0 Å². The number of azo groups is 1. The van der Waals surface area contributed by atoms with E-state index in [0.717, 1.165) is 41.8 Å². The lowest BCUT2D eigenvalue weighted by atomic mass is 10.1. The van der Waals surface area contributed by atoms with Gasteiger partial charge in [0.05, 0.1) is 52.3 Å². The van der Waals surface area contributed by atoms with E-state index in [0.29, 0.717) is 17.9 Å². The first-order chi connectivity index (χ1) is 23.2. The molecule has 0 aliphatic rings. The zero-order valence-corrected chi connectivity index (χ0v) is 32.8. The second-order valence-electron chi connectivity index (χ2n) is 14.1. The van der Waals surface area contributed by atoms with Crippen molar-refractivity contribution in [1.82, 2.24) is 5.32 Å². The molecule has 2 rings (SSSR count). The Balaban J connectivity index is 0.0000120. The van der Waals surface area contributed by atoms with Gasteiger partial charge in [0.2, 0.25) is 0 Å². The Labute approximate surface area is 308 Å². The maximum Gasteiger partial charge on any atom is 0.328 e. The second-order valence-corrected chi connectivity index (χ2v) is 14.1. The minimum atomic E-state index is -0.717. The number of hydrogen-bond acceptors (Lipinski definition) is 6. The van der Waals surface area contributed by atoms with Crippen LogP contribution < -0.4 is 27.0 Å². The van der Waals surface area contributed by atoms with Gasteiger partial charge in [-0.05, 0) is 81.1 Å². The van der Waals surface area contributed by atoms with Crippen molar-refractivity contribution in [2.24, 2.45) is 10.2 Å². The van der Waals surface area contributed by atoms with Crippen LogP contribution >= 0.6 is 0 Å². The Morgan fingerprint density at radius 3 is 1.61 bits per heavy atom. The molecular formula is C40H65BrN4O4. The van der Waals surface area contributed by atoms with Crippen molar-refractivity contribution in [1.29, 1.82) is 0 Å². The van der Waals surface area contributed by atoms with Crippen LogP contribution in [-0.2, 0) is 9.53 Å². The largest absolute Gasteiger partial charge is 1.00 e. The number of unbranched alkanes of at least 4 members (excludes halogenated alkanes) is 15. The van der Waals surface area contributed by atoms with Crippen LogP contribution in [-0.4, -0.2) is 63.3 Å². The van der Waals surface area contributed by atoms with Crippen molar-refractivity contribution in [3.8, 4) is 5.75 Å². The molecule has 1 amide bonds. The molecule has 0 aliphatic carbocycles. The molecular weight excluding hydrogens is 680 g/mol. The Hall–Kier alpha value is -2.78. The fourth-order valence-corrected chi connectivity index (χ4v) is 5.39. The monoisotopic (exact) mass is 744 g/mol. The third-order valence-electron chi connectivity index (χ3n) is 8.43. The molecule has 2 aromatic carbocycles. The van der Waals surface area contributed by atoms with Gasteiger partial charge in [-0.15, -0.1) is 0 Å². The molecule has 1 N–H and O–H groups in total. The third-order valence-corrected chi connectivity index (χ3v) is 8.43. The van der Waals surface area contributed by atoms with Gasteiger partial charge in [-0.25, -0.2) is 4.79 Å². The Kier molecular flexibility index (Phi) is 24.4. The van der Waals surface area contributed by atoms with Gasteiger partial charge in [0.25, 0.3) is 5.91 Å². The van der Waals surface area contributed by atoms with Crippen molar-refractivity contribution in [2.45, 2.75) is 129 Å². The molecule has 0 aliphatic heterocycles. The highest BCUT2D eigenvalue weighted by Crippen LogP contribution is 2.22. The smallest absolute Gasteiger partial charge is 0.328 e. The number of benzene rings is 2. The normalized spacial score (nSPS) is 12.0. The van der Waals surface area contributed by atoms with Gasteiger partial charge in [-0.3, -0.25) is 4.79 Å². The minimum Gasteiger partial charge on any atom is -1.00 e. The van der Waals surface area contributed by atoms with Gasteiger partial charge in [0.15, 0.2) is 0 Å². The van der Waals surface area contributed by atoms with Gasteiger partial charge in [-0.1, -0.05) is 90.4 Å². The first-order valence-corrected chi connectivity index (χ1v) is 18.7. The fraction of sp³-hybridized carbons (Fsp3) is 0.650. The molecule has 0 bridgehead atoms. The van der Waals surface area contributed by atoms with E-state index in [1.807, 2.05) is 24.3 Å². The number of hydrogen-bond donors (Lipinski definition) is 1. The highest BCUT2D eigenvalue weighted by Gasteiger charge is 2.18. The van der Waals surface area contributed by atoms with Crippen LogP contribution in [0, 0.1) is 0 Å². The summed E-state index contributed by atoms with van der Waals surface area (Å²) in [5.41, 5.74) is 1.80. The second kappa shape index (κ2) is 27.0. The molecule has 0 saturated carbocycles. The summed E-state index contributed by atoms with van der Waals surface area (Å²) in [4.78, 5) is 25.0. The van der Waals surface area contributed by atoms with Crippen LogP contribution in [0.2, 0.25) is 0 Å². The Bertz CT molecular complexity index is 1170. The van der Waals surface area contributed by atoms with E-state index in [9.17, 15) is 9.59 Å². The Morgan fingerprint density at radius 2 is 1.10 bits per heavy atom. The average Bonchev–Trinajstić information content (AvgIpc) is 3.07. The van der Waals surface area contributed by atoms with Crippen LogP contribution in [0.5, 0.6) is 5.75 Å². The number of amides is 1. The minimum absolute atomic E-state index is 0. The lowest BCUT2D eigenvalue weighted by molar-refractivity contribution is -0.870. The number of carbonyl (C=O) groups excluding carboxylic acids is 2. The molecule has 0 spiro atoms. The quantitative estimate of drug-likeness (QED) is 0.0444. The summed E-state index contributed by atoms with van der Waals surface area (Å²) in [5, 5.41) is 11.3. The number of rotatable bonds is 27. The molecule has 0 heterocycles. The molecule has 0 fully saturated rings. The van der Waals surface area contributed by atoms with Crippen LogP contribution in [0.15, 0.2) is 58.8 Å².